The summed E-state index contributed by atoms with van der Waals surface area (Å²) in [5.74, 6) is -0.686. The second-order valence-electron chi connectivity index (χ2n) is 6.91. The molecule has 1 unspecified atom stereocenters. The maximum atomic E-state index is 12.6. The number of alkyl halides is 3. The van der Waals surface area contributed by atoms with Gasteiger partial charge in [-0.3, -0.25) is 4.79 Å². The Morgan fingerprint density at radius 1 is 1.04 bits per heavy atom. The molecule has 138 valence electrons. The van der Waals surface area contributed by atoms with E-state index in [4.69, 9.17) is 5.11 Å². The number of hydrogen-bond donors (Lipinski definition) is 1. The molecule has 0 saturated heterocycles. The van der Waals surface area contributed by atoms with Crippen molar-refractivity contribution < 1.29 is 23.1 Å². The van der Waals surface area contributed by atoms with Crippen LogP contribution in [0.4, 0.5) is 13.2 Å². The van der Waals surface area contributed by atoms with E-state index in [1.54, 1.807) is 0 Å². The highest BCUT2D eigenvalue weighted by Crippen LogP contribution is 2.34. The number of carboxylic acids is 1. The molecule has 3 rings (SSSR count). The Labute approximate surface area is 150 Å². The molecule has 1 N–H and O–H groups in total. The summed E-state index contributed by atoms with van der Waals surface area (Å²) in [6.07, 6.45) is 0.149. The quantitative estimate of drug-likeness (QED) is 0.775. The molecule has 0 bridgehead atoms. The number of fused-ring (bicyclic) bond motifs is 1. The van der Waals surface area contributed by atoms with Gasteiger partial charge in [-0.1, -0.05) is 30.3 Å². The first-order valence-corrected chi connectivity index (χ1v) is 8.82. The topological polar surface area (TPSA) is 37.3 Å². The van der Waals surface area contributed by atoms with E-state index in [0.717, 1.165) is 54.5 Å². The van der Waals surface area contributed by atoms with Crippen LogP contribution in [0.1, 0.15) is 53.0 Å². The third-order valence-electron chi connectivity index (χ3n) is 5.05. The van der Waals surface area contributed by atoms with Crippen molar-refractivity contribution in [2.75, 3.05) is 0 Å². The summed E-state index contributed by atoms with van der Waals surface area (Å²) in [5, 5.41) is 9.06. The molecule has 0 saturated carbocycles. The lowest BCUT2D eigenvalue weighted by atomic mass is 9.80. The predicted molar refractivity (Wildman–Crippen MR) is 93.2 cm³/mol. The van der Waals surface area contributed by atoms with Gasteiger partial charge in [0.05, 0.1) is 12.0 Å². The van der Waals surface area contributed by atoms with Crippen LogP contribution in [0, 0.1) is 0 Å². The summed E-state index contributed by atoms with van der Waals surface area (Å²) in [5.41, 5.74) is 3.74. The monoisotopic (exact) mass is 362 g/mol. The number of halogens is 3. The molecule has 1 aliphatic carbocycles. The Kier molecular flexibility index (Phi) is 5.35. The summed E-state index contributed by atoms with van der Waals surface area (Å²) >= 11 is 0. The number of hydrogen-bond acceptors (Lipinski definition) is 1. The fraction of sp³-hybridized carbons (Fsp3) is 0.381. The van der Waals surface area contributed by atoms with Crippen LogP contribution in [0.15, 0.2) is 42.5 Å². The van der Waals surface area contributed by atoms with Gasteiger partial charge in [0.15, 0.2) is 0 Å². The minimum absolute atomic E-state index is 0.0835. The van der Waals surface area contributed by atoms with Crippen molar-refractivity contribution in [3.8, 4) is 0 Å². The number of aliphatic carboxylic acids is 1. The van der Waals surface area contributed by atoms with Gasteiger partial charge in [0.25, 0.3) is 0 Å². The summed E-state index contributed by atoms with van der Waals surface area (Å²) < 4.78 is 37.8. The molecule has 1 atom stereocenters. The van der Waals surface area contributed by atoms with E-state index >= 15 is 0 Å². The molecule has 0 amide bonds. The van der Waals surface area contributed by atoms with Gasteiger partial charge >= 0.3 is 12.1 Å². The van der Waals surface area contributed by atoms with Gasteiger partial charge in [0.1, 0.15) is 0 Å². The highest BCUT2D eigenvalue weighted by atomic mass is 19.4. The normalized spacial score (nSPS) is 17.0. The van der Waals surface area contributed by atoms with Gasteiger partial charge < -0.3 is 5.11 Å². The van der Waals surface area contributed by atoms with Crippen molar-refractivity contribution >= 4 is 5.97 Å². The zero-order chi connectivity index (χ0) is 18.7. The van der Waals surface area contributed by atoms with Gasteiger partial charge in [-0.25, -0.2) is 0 Å². The van der Waals surface area contributed by atoms with Crippen molar-refractivity contribution in [1.29, 1.82) is 0 Å². The maximum absolute atomic E-state index is 12.6. The standard InChI is InChI=1S/C21H21F3O2/c22-21(23,24)18-9-6-14(7-10-18)4-5-15-8-11-19-16(12-15)2-1-3-17(19)13-20(25)26/h6-12,17H,1-5,13H2,(H,25,26). The Morgan fingerprint density at radius 2 is 1.69 bits per heavy atom. The largest absolute Gasteiger partial charge is 0.481 e. The van der Waals surface area contributed by atoms with Crippen LogP contribution >= 0.6 is 0 Å². The van der Waals surface area contributed by atoms with Crippen molar-refractivity contribution in [2.24, 2.45) is 0 Å². The number of rotatable bonds is 5. The first kappa shape index (κ1) is 18.5. The zero-order valence-corrected chi connectivity index (χ0v) is 14.4. The van der Waals surface area contributed by atoms with E-state index in [1.165, 1.54) is 17.7 Å². The fourth-order valence-electron chi connectivity index (χ4n) is 3.70. The van der Waals surface area contributed by atoms with Crippen LogP contribution in [0.5, 0.6) is 0 Å². The van der Waals surface area contributed by atoms with E-state index in [2.05, 4.69) is 6.07 Å². The summed E-state index contributed by atoms with van der Waals surface area (Å²) in [7, 11) is 0. The van der Waals surface area contributed by atoms with E-state index in [9.17, 15) is 18.0 Å². The molecule has 0 aromatic heterocycles. The molecule has 0 radical (unpaired) electrons. The van der Waals surface area contributed by atoms with Crippen LogP contribution in [0.3, 0.4) is 0 Å². The Bertz CT molecular complexity index is 779. The smallest absolute Gasteiger partial charge is 0.416 e. The van der Waals surface area contributed by atoms with Gasteiger partial charge in [-0.15, -0.1) is 0 Å². The van der Waals surface area contributed by atoms with E-state index in [-0.39, 0.29) is 12.3 Å². The van der Waals surface area contributed by atoms with Crippen LogP contribution in [-0.2, 0) is 30.2 Å². The summed E-state index contributed by atoms with van der Waals surface area (Å²) in [6, 6.07) is 11.5. The lowest BCUT2D eigenvalue weighted by Crippen LogP contribution is -2.14. The molecule has 2 nitrogen and oxygen atoms in total. The molecular weight excluding hydrogens is 341 g/mol. The van der Waals surface area contributed by atoms with Crippen molar-refractivity contribution in [3.63, 3.8) is 0 Å². The molecule has 2 aromatic carbocycles. The third-order valence-corrected chi connectivity index (χ3v) is 5.05. The Balaban J connectivity index is 1.67. The molecule has 0 heterocycles. The van der Waals surface area contributed by atoms with Crippen LogP contribution in [-0.4, -0.2) is 11.1 Å². The van der Waals surface area contributed by atoms with Crippen molar-refractivity contribution in [3.05, 3.63) is 70.3 Å². The minimum Gasteiger partial charge on any atom is -0.481 e. The molecule has 0 fully saturated rings. The van der Waals surface area contributed by atoms with Gasteiger partial charge in [-0.2, -0.15) is 13.2 Å². The number of carboxylic acid groups (broad SMARTS) is 1. The van der Waals surface area contributed by atoms with Crippen molar-refractivity contribution in [2.45, 2.75) is 50.6 Å². The molecule has 1 aliphatic rings. The second kappa shape index (κ2) is 7.52. The van der Waals surface area contributed by atoms with Gasteiger partial charge in [0.2, 0.25) is 0 Å². The summed E-state index contributed by atoms with van der Waals surface area (Å²) in [4.78, 5) is 11.0. The molecule has 0 spiro atoms. The molecule has 0 aliphatic heterocycles. The highest BCUT2D eigenvalue weighted by Gasteiger charge is 2.29. The molecule has 5 heteroatoms. The lowest BCUT2D eigenvalue weighted by molar-refractivity contribution is -0.138. The van der Waals surface area contributed by atoms with E-state index in [0.29, 0.717) is 6.42 Å². The number of aryl methyl sites for hydroxylation is 3. The van der Waals surface area contributed by atoms with Crippen LogP contribution in [0.25, 0.3) is 0 Å². The van der Waals surface area contributed by atoms with E-state index < -0.39 is 17.7 Å². The zero-order valence-electron chi connectivity index (χ0n) is 14.4. The summed E-state index contributed by atoms with van der Waals surface area (Å²) in [6.45, 7) is 0. The Hall–Kier alpha value is -2.30. The first-order valence-electron chi connectivity index (χ1n) is 8.82. The highest BCUT2D eigenvalue weighted by molar-refractivity contribution is 5.68. The average Bonchev–Trinajstić information content (AvgIpc) is 2.59. The SMILES string of the molecule is O=C(O)CC1CCCc2cc(CCc3ccc(C(F)(F)F)cc3)ccc21. The van der Waals surface area contributed by atoms with Gasteiger partial charge in [-0.05, 0) is 72.4 Å². The Morgan fingerprint density at radius 3 is 2.35 bits per heavy atom. The maximum Gasteiger partial charge on any atom is 0.416 e. The fourth-order valence-corrected chi connectivity index (χ4v) is 3.70. The molecule has 26 heavy (non-hydrogen) atoms. The van der Waals surface area contributed by atoms with Gasteiger partial charge in [0, 0.05) is 0 Å². The lowest BCUT2D eigenvalue weighted by Gasteiger charge is -2.25. The van der Waals surface area contributed by atoms with Crippen LogP contribution < -0.4 is 0 Å². The van der Waals surface area contributed by atoms with E-state index in [1.807, 2.05) is 12.1 Å². The number of benzene rings is 2. The van der Waals surface area contributed by atoms with Crippen LogP contribution in [0.2, 0.25) is 0 Å². The predicted octanol–water partition coefficient (Wildman–Crippen LogP) is 5.39. The first-order chi connectivity index (χ1) is 12.3. The third kappa shape index (κ3) is 4.45. The van der Waals surface area contributed by atoms with Crippen molar-refractivity contribution in [1.82, 2.24) is 0 Å². The number of carbonyl (C=O) groups is 1. The molecular formula is C21H21F3O2. The molecule has 2 aromatic rings. The second-order valence-corrected chi connectivity index (χ2v) is 6.91. The minimum atomic E-state index is -4.30. The average molecular weight is 362 g/mol.